The van der Waals surface area contributed by atoms with Crippen molar-refractivity contribution in [2.75, 3.05) is 11.4 Å². The van der Waals surface area contributed by atoms with Gasteiger partial charge in [0.2, 0.25) is 11.8 Å². The van der Waals surface area contributed by atoms with Crippen molar-refractivity contribution in [1.82, 2.24) is 9.88 Å². The summed E-state index contributed by atoms with van der Waals surface area (Å²) in [6, 6.07) is 12.9. The maximum Gasteiger partial charge on any atom is 0.257 e. The summed E-state index contributed by atoms with van der Waals surface area (Å²) in [5.74, 6) is -0.497. The highest BCUT2D eigenvalue weighted by Gasteiger charge is 2.46. The standard InChI is InChI=1S/C30H31N3O3S/c1-19-7-14-24-26(17-19)37-28(31-24)21-10-12-23(13-11-21)33-27(34)18-25(30(33)36)32(29(35)22-8-9-22)16-15-20-5-3-2-4-6-20/h5,7,10-14,17,22,25H,2-4,6,8-9,15-16,18H2,1H3. The third kappa shape index (κ3) is 4.85. The lowest BCUT2D eigenvalue weighted by molar-refractivity contribution is -0.139. The van der Waals surface area contributed by atoms with E-state index in [1.165, 1.54) is 28.9 Å². The zero-order chi connectivity index (χ0) is 25.5. The molecule has 1 atom stereocenters. The van der Waals surface area contributed by atoms with Gasteiger partial charge in [-0.15, -0.1) is 11.3 Å². The predicted molar refractivity (Wildman–Crippen MR) is 146 cm³/mol. The van der Waals surface area contributed by atoms with Crippen LogP contribution in [0.25, 0.3) is 20.8 Å². The molecule has 1 unspecified atom stereocenters. The molecule has 1 saturated heterocycles. The molecule has 0 N–H and O–H groups in total. The summed E-state index contributed by atoms with van der Waals surface area (Å²) < 4.78 is 1.14. The average molecular weight is 514 g/mol. The Morgan fingerprint density at radius 3 is 2.65 bits per heavy atom. The van der Waals surface area contributed by atoms with Crippen molar-refractivity contribution in [3.05, 3.63) is 59.7 Å². The number of allylic oxidation sites excluding steroid dienone is 1. The Bertz CT molecular complexity index is 1400. The lowest BCUT2D eigenvalue weighted by atomic mass is 9.97. The zero-order valence-corrected chi connectivity index (χ0v) is 21.9. The fraction of sp³-hybridized carbons (Fsp3) is 0.400. The average Bonchev–Trinajstić information content (AvgIpc) is 3.61. The number of fused-ring (bicyclic) bond motifs is 1. The highest BCUT2D eigenvalue weighted by molar-refractivity contribution is 7.21. The molecule has 0 spiro atoms. The summed E-state index contributed by atoms with van der Waals surface area (Å²) in [6.07, 6.45) is 9.43. The summed E-state index contributed by atoms with van der Waals surface area (Å²) in [5.41, 5.74) is 5.03. The van der Waals surface area contributed by atoms with Crippen molar-refractivity contribution in [3.8, 4) is 10.6 Å². The second-order valence-corrected chi connectivity index (χ2v) is 11.5. The number of aromatic nitrogens is 1. The Hall–Kier alpha value is -3.32. The molecule has 7 heteroatoms. The number of carbonyl (C=O) groups excluding carboxylic acids is 3. The van der Waals surface area contributed by atoms with E-state index in [0.717, 1.165) is 52.9 Å². The maximum atomic E-state index is 13.5. The summed E-state index contributed by atoms with van der Waals surface area (Å²) in [7, 11) is 0. The van der Waals surface area contributed by atoms with E-state index in [-0.39, 0.29) is 30.1 Å². The fourth-order valence-corrected chi connectivity index (χ4v) is 6.49. The maximum absolute atomic E-state index is 13.5. The first-order chi connectivity index (χ1) is 18.0. The number of imide groups is 1. The summed E-state index contributed by atoms with van der Waals surface area (Å²) >= 11 is 1.63. The topological polar surface area (TPSA) is 70.6 Å². The molecule has 0 bridgehead atoms. The van der Waals surface area contributed by atoms with E-state index in [0.29, 0.717) is 12.2 Å². The van der Waals surface area contributed by atoms with Crippen LogP contribution in [-0.4, -0.2) is 40.2 Å². The molecule has 1 aliphatic heterocycles. The third-order valence-electron chi connectivity index (χ3n) is 7.68. The second-order valence-electron chi connectivity index (χ2n) is 10.5. The summed E-state index contributed by atoms with van der Waals surface area (Å²) in [4.78, 5) is 47.5. The van der Waals surface area contributed by atoms with Crippen LogP contribution in [0, 0.1) is 12.8 Å². The normalized spacial score (nSPS) is 20.0. The molecule has 190 valence electrons. The molecule has 6 rings (SSSR count). The molecule has 1 aromatic heterocycles. The van der Waals surface area contributed by atoms with E-state index in [4.69, 9.17) is 4.98 Å². The van der Waals surface area contributed by atoms with Gasteiger partial charge >= 0.3 is 0 Å². The van der Waals surface area contributed by atoms with Gasteiger partial charge in [-0.25, -0.2) is 9.88 Å². The van der Waals surface area contributed by atoms with Gasteiger partial charge in [0.05, 0.1) is 22.3 Å². The number of aryl methyl sites for hydroxylation is 1. The van der Waals surface area contributed by atoms with Gasteiger partial charge in [-0.05, 0) is 93.8 Å². The lowest BCUT2D eigenvalue weighted by Gasteiger charge is -2.28. The van der Waals surface area contributed by atoms with Crippen LogP contribution >= 0.6 is 11.3 Å². The van der Waals surface area contributed by atoms with Crippen LogP contribution < -0.4 is 4.90 Å². The van der Waals surface area contributed by atoms with Crippen molar-refractivity contribution < 1.29 is 14.4 Å². The Labute approximate surface area is 221 Å². The molecular formula is C30H31N3O3S. The van der Waals surface area contributed by atoms with Gasteiger partial charge in [-0.1, -0.05) is 17.7 Å². The first-order valence-electron chi connectivity index (χ1n) is 13.3. The Balaban J connectivity index is 1.21. The molecule has 37 heavy (non-hydrogen) atoms. The van der Waals surface area contributed by atoms with E-state index < -0.39 is 6.04 Å². The van der Waals surface area contributed by atoms with Gasteiger partial charge in [0.25, 0.3) is 5.91 Å². The quantitative estimate of drug-likeness (QED) is 0.286. The number of hydrogen-bond acceptors (Lipinski definition) is 5. The third-order valence-corrected chi connectivity index (χ3v) is 8.75. The minimum atomic E-state index is -0.711. The minimum absolute atomic E-state index is 0.00849. The number of thiazole rings is 1. The molecule has 2 aromatic carbocycles. The van der Waals surface area contributed by atoms with E-state index in [1.54, 1.807) is 16.2 Å². The SMILES string of the molecule is Cc1ccc2nc(-c3ccc(N4C(=O)CC(N(CCC5=CCCCC5)C(=O)C5CC5)C4=O)cc3)sc2c1. The molecule has 2 fully saturated rings. The van der Waals surface area contributed by atoms with Crippen LogP contribution in [0.15, 0.2) is 54.1 Å². The number of rotatable bonds is 7. The van der Waals surface area contributed by atoms with Gasteiger partial charge in [0.1, 0.15) is 11.0 Å². The van der Waals surface area contributed by atoms with E-state index in [9.17, 15) is 14.4 Å². The largest absolute Gasteiger partial charge is 0.330 e. The van der Waals surface area contributed by atoms with Gasteiger partial charge in [-0.2, -0.15) is 0 Å². The van der Waals surface area contributed by atoms with Crippen molar-refractivity contribution in [3.63, 3.8) is 0 Å². The number of amides is 3. The molecular weight excluding hydrogens is 482 g/mol. The highest BCUT2D eigenvalue weighted by Crippen LogP contribution is 2.36. The van der Waals surface area contributed by atoms with Crippen LogP contribution in [0.5, 0.6) is 0 Å². The molecule has 3 aromatic rings. The Morgan fingerprint density at radius 1 is 1.11 bits per heavy atom. The summed E-state index contributed by atoms with van der Waals surface area (Å²) in [5, 5.41) is 0.905. The van der Waals surface area contributed by atoms with E-state index in [1.807, 2.05) is 30.3 Å². The fourth-order valence-electron chi connectivity index (χ4n) is 5.42. The molecule has 3 amide bonds. The number of anilines is 1. The second kappa shape index (κ2) is 9.86. The first-order valence-corrected chi connectivity index (χ1v) is 14.1. The van der Waals surface area contributed by atoms with Crippen LogP contribution in [0.3, 0.4) is 0 Å². The Morgan fingerprint density at radius 2 is 1.92 bits per heavy atom. The smallest absolute Gasteiger partial charge is 0.257 e. The van der Waals surface area contributed by atoms with Crippen LogP contribution in [-0.2, 0) is 14.4 Å². The van der Waals surface area contributed by atoms with Gasteiger partial charge in [0.15, 0.2) is 0 Å². The first kappa shape index (κ1) is 24.0. The van der Waals surface area contributed by atoms with Gasteiger partial charge in [0, 0.05) is 18.0 Å². The molecule has 0 radical (unpaired) electrons. The number of nitrogens with zero attached hydrogens (tertiary/aromatic N) is 3. The molecule has 1 saturated carbocycles. The number of hydrogen-bond donors (Lipinski definition) is 0. The molecule has 2 heterocycles. The lowest BCUT2D eigenvalue weighted by Crippen LogP contribution is -2.46. The van der Waals surface area contributed by atoms with Gasteiger partial charge < -0.3 is 4.90 Å². The van der Waals surface area contributed by atoms with Crippen molar-refractivity contribution >= 4 is 45.0 Å². The highest BCUT2D eigenvalue weighted by atomic mass is 32.1. The number of carbonyl (C=O) groups is 3. The predicted octanol–water partition coefficient (Wildman–Crippen LogP) is 6.03. The summed E-state index contributed by atoms with van der Waals surface area (Å²) in [6.45, 7) is 2.58. The molecule has 3 aliphatic rings. The van der Waals surface area contributed by atoms with Crippen LogP contribution in [0.4, 0.5) is 5.69 Å². The van der Waals surface area contributed by atoms with E-state index >= 15 is 0 Å². The van der Waals surface area contributed by atoms with Crippen molar-refractivity contribution in [2.45, 2.75) is 64.3 Å². The minimum Gasteiger partial charge on any atom is -0.330 e. The van der Waals surface area contributed by atoms with Crippen LogP contribution in [0.1, 0.15) is 56.9 Å². The van der Waals surface area contributed by atoms with Crippen LogP contribution in [0.2, 0.25) is 0 Å². The van der Waals surface area contributed by atoms with E-state index in [2.05, 4.69) is 25.1 Å². The van der Waals surface area contributed by atoms with Gasteiger partial charge in [-0.3, -0.25) is 14.4 Å². The number of benzene rings is 2. The monoisotopic (exact) mass is 513 g/mol. The molecule has 2 aliphatic carbocycles. The Kier molecular flexibility index (Phi) is 6.41. The van der Waals surface area contributed by atoms with Crippen molar-refractivity contribution in [1.29, 1.82) is 0 Å². The zero-order valence-electron chi connectivity index (χ0n) is 21.1. The van der Waals surface area contributed by atoms with Crippen molar-refractivity contribution in [2.24, 2.45) is 5.92 Å². The molecule has 6 nitrogen and oxygen atoms in total.